The minimum absolute atomic E-state index is 0.260. The van der Waals surface area contributed by atoms with Crippen molar-refractivity contribution in [1.29, 1.82) is 0 Å². The zero-order valence-corrected chi connectivity index (χ0v) is 17.3. The normalized spacial score (nSPS) is 18.8. The first-order valence-corrected chi connectivity index (χ1v) is 11.5. The van der Waals surface area contributed by atoms with E-state index in [-0.39, 0.29) is 4.90 Å². The Morgan fingerprint density at radius 1 is 1.04 bits per heavy atom. The highest BCUT2D eigenvalue weighted by atomic mass is 79.9. The first-order valence-electron chi connectivity index (χ1n) is 8.38. The summed E-state index contributed by atoms with van der Waals surface area (Å²) in [6.45, 7) is 4.17. The van der Waals surface area contributed by atoms with Gasteiger partial charge in [-0.05, 0) is 39.5 Å². The number of hydrogen-bond donors (Lipinski definition) is 0. The number of sulfonamides is 1. The molecule has 26 heavy (non-hydrogen) atoms. The van der Waals surface area contributed by atoms with Gasteiger partial charge in [0.2, 0.25) is 10.0 Å². The van der Waals surface area contributed by atoms with Crippen LogP contribution in [0.4, 0.5) is 0 Å². The Bertz CT molecular complexity index is 892. The predicted molar refractivity (Wildman–Crippen MR) is 103 cm³/mol. The summed E-state index contributed by atoms with van der Waals surface area (Å²) in [6, 6.07) is 6.88. The van der Waals surface area contributed by atoms with Crippen LogP contribution in [0.25, 0.3) is 0 Å². The fraction of sp³-hybridized carbons (Fsp3) is 0.412. The van der Waals surface area contributed by atoms with Gasteiger partial charge in [-0.25, -0.2) is 8.42 Å². The smallest absolute Gasteiger partial charge is 0.243 e. The van der Waals surface area contributed by atoms with Crippen LogP contribution in [0.1, 0.15) is 4.88 Å². The molecule has 0 bridgehead atoms. The monoisotopic (exact) mass is 458 g/mol. The van der Waals surface area contributed by atoms with Gasteiger partial charge in [0, 0.05) is 48.1 Å². The minimum Gasteiger partial charge on any atom is -0.486 e. The van der Waals surface area contributed by atoms with Crippen molar-refractivity contribution in [2.45, 2.75) is 11.4 Å². The van der Waals surface area contributed by atoms with E-state index in [1.165, 1.54) is 4.88 Å². The first-order chi connectivity index (χ1) is 12.5. The minimum atomic E-state index is -3.52. The molecule has 1 aromatic heterocycles. The summed E-state index contributed by atoms with van der Waals surface area (Å²) in [4.78, 5) is 3.82. The van der Waals surface area contributed by atoms with Gasteiger partial charge in [-0.2, -0.15) is 4.31 Å². The number of thiophene rings is 1. The van der Waals surface area contributed by atoms with Crippen LogP contribution in [0.3, 0.4) is 0 Å². The van der Waals surface area contributed by atoms with Crippen molar-refractivity contribution in [3.63, 3.8) is 0 Å². The Labute approximate surface area is 165 Å². The van der Waals surface area contributed by atoms with E-state index in [0.717, 1.165) is 11.0 Å². The van der Waals surface area contributed by atoms with E-state index < -0.39 is 10.0 Å². The van der Waals surface area contributed by atoms with Crippen LogP contribution in [0.15, 0.2) is 39.0 Å². The predicted octanol–water partition coefficient (Wildman–Crippen LogP) is 2.79. The molecule has 3 heterocycles. The Hall–Kier alpha value is -1.13. The number of halogens is 1. The molecule has 2 aliphatic heterocycles. The SMILES string of the molecule is O=S(=O)(c1ccc2c(c1)OCCO2)N1CCN(Cc2sccc2Br)CC1. The lowest BCUT2D eigenvalue weighted by Crippen LogP contribution is -2.48. The third-order valence-electron chi connectivity index (χ3n) is 4.54. The quantitative estimate of drug-likeness (QED) is 0.704. The molecule has 140 valence electrons. The van der Waals surface area contributed by atoms with Crippen LogP contribution in [-0.2, 0) is 16.6 Å². The average Bonchev–Trinajstić information content (AvgIpc) is 3.06. The average molecular weight is 459 g/mol. The molecule has 0 amide bonds. The Morgan fingerprint density at radius 3 is 2.46 bits per heavy atom. The van der Waals surface area contributed by atoms with Gasteiger partial charge in [-0.1, -0.05) is 0 Å². The molecular formula is C17H19BrN2O4S2. The molecule has 1 fully saturated rings. The topological polar surface area (TPSA) is 59.1 Å². The van der Waals surface area contributed by atoms with Crippen LogP contribution >= 0.6 is 27.3 Å². The van der Waals surface area contributed by atoms with Crippen LogP contribution in [0, 0.1) is 0 Å². The lowest BCUT2D eigenvalue weighted by molar-refractivity contribution is 0.170. The van der Waals surface area contributed by atoms with E-state index in [1.807, 2.05) is 6.07 Å². The van der Waals surface area contributed by atoms with Crippen molar-refractivity contribution >= 4 is 37.3 Å². The zero-order valence-electron chi connectivity index (χ0n) is 14.1. The van der Waals surface area contributed by atoms with Crippen molar-refractivity contribution in [3.05, 3.63) is 39.0 Å². The molecule has 0 spiro atoms. The molecule has 9 heteroatoms. The van der Waals surface area contributed by atoms with E-state index in [4.69, 9.17) is 9.47 Å². The maximum Gasteiger partial charge on any atom is 0.243 e. The summed E-state index contributed by atoms with van der Waals surface area (Å²) in [5.41, 5.74) is 0. The Morgan fingerprint density at radius 2 is 1.77 bits per heavy atom. The zero-order chi connectivity index (χ0) is 18.1. The highest BCUT2D eigenvalue weighted by Gasteiger charge is 2.30. The van der Waals surface area contributed by atoms with Crippen molar-refractivity contribution in [2.75, 3.05) is 39.4 Å². The fourth-order valence-electron chi connectivity index (χ4n) is 3.10. The Kier molecular flexibility index (Phi) is 5.24. The molecule has 0 N–H and O–H groups in total. The second-order valence-electron chi connectivity index (χ2n) is 6.18. The van der Waals surface area contributed by atoms with E-state index in [0.29, 0.717) is 50.9 Å². The van der Waals surface area contributed by atoms with Gasteiger partial charge >= 0.3 is 0 Å². The van der Waals surface area contributed by atoms with Gasteiger partial charge in [0.15, 0.2) is 11.5 Å². The summed E-state index contributed by atoms with van der Waals surface area (Å²) in [7, 11) is -3.52. The summed E-state index contributed by atoms with van der Waals surface area (Å²) >= 11 is 5.27. The van der Waals surface area contributed by atoms with E-state index in [1.54, 1.807) is 33.8 Å². The van der Waals surface area contributed by atoms with Gasteiger partial charge in [0.05, 0.1) is 4.90 Å². The lowest BCUT2D eigenvalue weighted by atomic mass is 10.3. The van der Waals surface area contributed by atoms with Gasteiger partial charge < -0.3 is 9.47 Å². The van der Waals surface area contributed by atoms with E-state index >= 15 is 0 Å². The molecule has 0 unspecified atom stereocenters. The maximum absolute atomic E-state index is 13.0. The lowest BCUT2D eigenvalue weighted by Gasteiger charge is -2.34. The first kappa shape index (κ1) is 18.2. The molecule has 6 nitrogen and oxygen atoms in total. The summed E-state index contributed by atoms with van der Waals surface area (Å²) in [6.07, 6.45) is 0. The molecule has 2 aliphatic rings. The van der Waals surface area contributed by atoms with Crippen LogP contribution in [-0.4, -0.2) is 57.0 Å². The van der Waals surface area contributed by atoms with E-state index in [2.05, 4.69) is 26.2 Å². The number of nitrogens with zero attached hydrogens (tertiary/aromatic N) is 2. The second-order valence-corrected chi connectivity index (χ2v) is 9.97. The number of benzene rings is 1. The molecule has 4 rings (SSSR count). The Balaban J connectivity index is 1.44. The van der Waals surface area contributed by atoms with Crippen molar-refractivity contribution in [2.24, 2.45) is 0 Å². The fourth-order valence-corrected chi connectivity index (χ4v) is 6.06. The van der Waals surface area contributed by atoms with Gasteiger partial charge in [-0.3, -0.25) is 4.90 Å². The number of hydrogen-bond acceptors (Lipinski definition) is 6. The summed E-state index contributed by atoms with van der Waals surface area (Å²) in [5.74, 6) is 1.10. The molecule has 0 atom stereocenters. The van der Waals surface area contributed by atoms with Crippen LogP contribution in [0.5, 0.6) is 11.5 Å². The molecule has 0 aliphatic carbocycles. The summed E-state index contributed by atoms with van der Waals surface area (Å²) < 4.78 is 39.6. The largest absolute Gasteiger partial charge is 0.486 e. The second kappa shape index (κ2) is 7.47. The number of fused-ring (bicyclic) bond motifs is 1. The van der Waals surface area contributed by atoms with Gasteiger partial charge in [0.1, 0.15) is 13.2 Å². The molecular weight excluding hydrogens is 440 g/mol. The molecule has 1 saturated heterocycles. The number of rotatable bonds is 4. The molecule has 0 saturated carbocycles. The molecule has 0 radical (unpaired) electrons. The molecule has 2 aromatic rings. The number of ether oxygens (including phenoxy) is 2. The van der Waals surface area contributed by atoms with Crippen molar-refractivity contribution < 1.29 is 17.9 Å². The van der Waals surface area contributed by atoms with E-state index in [9.17, 15) is 8.42 Å². The number of piperazine rings is 1. The van der Waals surface area contributed by atoms with Crippen LogP contribution in [0.2, 0.25) is 0 Å². The maximum atomic E-state index is 13.0. The third kappa shape index (κ3) is 3.63. The van der Waals surface area contributed by atoms with Crippen LogP contribution < -0.4 is 9.47 Å². The summed E-state index contributed by atoms with van der Waals surface area (Å²) in [5, 5.41) is 2.06. The van der Waals surface area contributed by atoms with Gasteiger partial charge in [0.25, 0.3) is 0 Å². The standard InChI is InChI=1S/C17H19BrN2O4S2/c18-14-3-10-25-17(14)12-19-4-6-20(7-5-19)26(21,22)13-1-2-15-16(11-13)24-9-8-23-15/h1-3,10-11H,4-9,12H2. The molecule has 1 aromatic carbocycles. The van der Waals surface area contributed by atoms with Crippen molar-refractivity contribution in [1.82, 2.24) is 9.21 Å². The van der Waals surface area contributed by atoms with Gasteiger partial charge in [-0.15, -0.1) is 11.3 Å². The highest BCUT2D eigenvalue weighted by molar-refractivity contribution is 9.10. The van der Waals surface area contributed by atoms with Crippen molar-refractivity contribution in [3.8, 4) is 11.5 Å². The highest BCUT2D eigenvalue weighted by Crippen LogP contribution is 2.33. The third-order valence-corrected chi connectivity index (χ3v) is 8.35.